The molecular formula is C2Cl2F2OS2. The molecule has 0 saturated carbocycles. The summed E-state index contributed by atoms with van der Waals surface area (Å²) in [5, 5.41) is 0. The molecule has 0 aliphatic carbocycles. The van der Waals surface area contributed by atoms with Crippen LogP contribution in [0.1, 0.15) is 0 Å². The van der Waals surface area contributed by atoms with E-state index < -0.39 is 9.29 Å². The maximum absolute atomic E-state index is 11.6. The maximum Gasteiger partial charge on any atom is 0.381 e. The van der Waals surface area contributed by atoms with Gasteiger partial charge in [-0.15, -0.1) is 0 Å². The highest BCUT2D eigenvalue weighted by atomic mass is 35.5. The van der Waals surface area contributed by atoms with Crippen molar-refractivity contribution in [3.8, 4) is 0 Å². The summed E-state index contributed by atoms with van der Waals surface area (Å²) in [5.74, 6) is 0. The third kappa shape index (κ3) is 8.81. The molecule has 0 bridgehead atoms. The van der Waals surface area contributed by atoms with Crippen molar-refractivity contribution in [3.63, 3.8) is 0 Å². The van der Waals surface area contributed by atoms with Crippen molar-refractivity contribution in [3.05, 3.63) is 0 Å². The van der Waals surface area contributed by atoms with Crippen LogP contribution in [0.25, 0.3) is 0 Å². The van der Waals surface area contributed by atoms with Gasteiger partial charge in [0.15, 0.2) is 0 Å². The molecule has 0 fully saturated rings. The molecule has 0 aliphatic rings. The predicted molar refractivity (Wildman–Crippen MR) is 37.2 cm³/mol. The molecule has 0 heterocycles. The predicted octanol–water partition coefficient (Wildman–Crippen LogP) is 3.52. The summed E-state index contributed by atoms with van der Waals surface area (Å²) >= 11 is 9.07. The van der Waals surface area contributed by atoms with E-state index >= 15 is 0 Å². The molecule has 0 aromatic heterocycles. The van der Waals surface area contributed by atoms with Gasteiger partial charge in [0.05, 0.1) is 0 Å². The molecule has 0 aromatic carbocycles. The van der Waals surface area contributed by atoms with Crippen LogP contribution in [0.3, 0.4) is 0 Å². The number of rotatable bonds is 2. The number of hydrogen-bond acceptors (Lipinski definition) is 3. The standard InChI is InChI=1S/C2Cl2F2OS2/c3-1(7)8-9-2(4,5)6. The van der Waals surface area contributed by atoms with Crippen molar-refractivity contribution in [2.24, 2.45) is 0 Å². The molecule has 9 heavy (non-hydrogen) atoms. The Labute approximate surface area is 67.8 Å². The van der Waals surface area contributed by atoms with Gasteiger partial charge in [0.1, 0.15) is 0 Å². The number of carbonyl (C=O) groups excluding carboxylic acids is 1. The monoisotopic (exact) mass is 212 g/mol. The average molecular weight is 213 g/mol. The van der Waals surface area contributed by atoms with Crippen molar-refractivity contribution in [2.75, 3.05) is 0 Å². The largest absolute Gasteiger partial charge is 0.381 e. The van der Waals surface area contributed by atoms with Crippen molar-refractivity contribution >= 4 is 49.4 Å². The summed E-state index contributed by atoms with van der Waals surface area (Å²) in [6.45, 7) is 0. The Bertz CT molecular complexity index is 114. The molecule has 7 heteroatoms. The average Bonchev–Trinajstić information content (AvgIpc) is 1.59. The highest BCUT2D eigenvalue weighted by Gasteiger charge is 2.27. The molecule has 0 atom stereocenters. The highest BCUT2D eigenvalue weighted by Crippen LogP contribution is 2.42. The molecule has 0 unspecified atom stereocenters. The van der Waals surface area contributed by atoms with E-state index in [4.69, 9.17) is 11.6 Å². The van der Waals surface area contributed by atoms with Crippen LogP contribution in [0.15, 0.2) is 0 Å². The van der Waals surface area contributed by atoms with Gasteiger partial charge in [-0.05, 0) is 23.2 Å². The molecule has 0 saturated heterocycles. The number of halogens is 4. The zero-order chi connectivity index (χ0) is 7.49. The highest BCUT2D eigenvalue weighted by molar-refractivity contribution is 8.83. The zero-order valence-electron chi connectivity index (χ0n) is 3.74. The van der Waals surface area contributed by atoms with Gasteiger partial charge < -0.3 is 0 Å². The van der Waals surface area contributed by atoms with Gasteiger partial charge in [0, 0.05) is 21.6 Å². The first-order valence-electron chi connectivity index (χ1n) is 1.53. The SMILES string of the molecule is O=C(Cl)SSC(F)(F)Cl. The van der Waals surface area contributed by atoms with E-state index in [0.717, 1.165) is 0 Å². The Kier molecular flexibility index (Phi) is 4.20. The lowest BCUT2D eigenvalue weighted by Crippen LogP contribution is -1.94. The van der Waals surface area contributed by atoms with Crippen LogP contribution >= 0.6 is 44.8 Å². The Morgan fingerprint density at radius 2 is 2.00 bits per heavy atom. The van der Waals surface area contributed by atoms with Crippen molar-refractivity contribution < 1.29 is 13.6 Å². The molecule has 0 aliphatic heterocycles. The van der Waals surface area contributed by atoms with E-state index in [0.29, 0.717) is 0 Å². The third-order valence-electron chi connectivity index (χ3n) is 0.202. The zero-order valence-corrected chi connectivity index (χ0v) is 6.88. The van der Waals surface area contributed by atoms with Crippen LogP contribution < -0.4 is 0 Å². The fraction of sp³-hybridized carbons (Fsp3) is 0.500. The van der Waals surface area contributed by atoms with E-state index in [1.165, 1.54) is 0 Å². The lowest BCUT2D eigenvalue weighted by Gasteiger charge is -2.00. The van der Waals surface area contributed by atoms with Gasteiger partial charge in [0.25, 0.3) is 4.57 Å². The minimum Gasteiger partial charge on any atom is -0.267 e. The molecule has 0 aromatic rings. The molecular weight excluding hydrogens is 213 g/mol. The molecule has 0 rings (SSSR count). The van der Waals surface area contributed by atoms with Crippen LogP contribution in [0.2, 0.25) is 0 Å². The first kappa shape index (κ1) is 9.81. The number of alkyl halides is 3. The van der Waals surface area contributed by atoms with Crippen LogP contribution in [-0.2, 0) is 0 Å². The quantitative estimate of drug-likeness (QED) is 0.397. The number of hydrogen-bond donors (Lipinski definition) is 0. The fourth-order valence-electron chi connectivity index (χ4n) is 0.0800. The first-order chi connectivity index (χ1) is 3.92. The van der Waals surface area contributed by atoms with Crippen LogP contribution in [-0.4, -0.2) is 9.29 Å². The van der Waals surface area contributed by atoms with E-state index in [1.54, 1.807) is 0 Å². The molecule has 0 spiro atoms. The Hall–Kier alpha value is 0.810. The van der Waals surface area contributed by atoms with Gasteiger partial charge >= 0.3 is 4.71 Å². The van der Waals surface area contributed by atoms with Gasteiger partial charge in [-0.2, -0.15) is 8.78 Å². The molecule has 0 amide bonds. The Balaban J connectivity index is 3.39. The smallest absolute Gasteiger partial charge is 0.267 e. The van der Waals surface area contributed by atoms with Crippen LogP contribution in [0.5, 0.6) is 0 Å². The van der Waals surface area contributed by atoms with E-state index in [9.17, 15) is 13.6 Å². The van der Waals surface area contributed by atoms with Gasteiger partial charge in [0.2, 0.25) is 0 Å². The summed E-state index contributed by atoms with van der Waals surface area (Å²) in [6, 6.07) is 0. The van der Waals surface area contributed by atoms with Gasteiger partial charge in [-0.1, -0.05) is 0 Å². The number of carbonyl (C=O) groups is 1. The summed E-state index contributed by atoms with van der Waals surface area (Å²) in [7, 11) is 0.108. The molecule has 0 radical (unpaired) electrons. The minimum atomic E-state index is -3.42. The van der Waals surface area contributed by atoms with Crippen molar-refractivity contribution in [1.82, 2.24) is 0 Å². The molecule has 1 nitrogen and oxygen atoms in total. The van der Waals surface area contributed by atoms with Crippen LogP contribution in [0, 0.1) is 0 Å². The molecule has 54 valence electrons. The van der Waals surface area contributed by atoms with E-state index in [1.807, 2.05) is 0 Å². The van der Waals surface area contributed by atoms with Crippen molar-refractivity contribution in [2.45, 2.75) is 4.71 Å². The second-order valence-corrected chi connectivity index (χ2v) is 4.33. The van der Waals surface area contributed by atoms with E-state index in [2.05, 4.69) is 11.6 Å². The normalized spacial score (nSPS) is 11.6. The summed E-state index contributed by atoms with van der Waals surface area (Å²) in [5.41, 5.74) is 0. The topological polar surface area (TPSA) is 17.1 Å². The Morgan fingerprint density at radius 1 is 1.56 bits per heavy atom. The van der Waals surface area contributed by atoms with E-state index in [-0.39, 0.29) is 21.6 Å². The van der Waals surface area contributed by atoms with Gasteiger partial charge in [-0.25, -0.2) is 0 Å². The lowest BCUT2D eigenvalue weighted by molar-refractivity contribution is 0.205. The second-order valence-electron chi connectivity index (χ2n) is 0.850. The maximum atomic E-state index is 11.6. The first-order valence-corrected chi connectivity index (χ1v) is 4.44. The molecule has 0 N–H and O–H groups in total. The lowest BCUT2D eigenvalue weighted by atomic mass is 11.6. The summed E-state index contributed by atoms with van der Waals surface area (Å²) < 4.78 is 18.8. The summed E-state index contributed by atoms with van der Waals surface area (Å²) in [6.07, 6.45) is 0. The van der Waals surface area contributed by atoms with Crippen LogP contribution in [0.4, 0.5) is 13.6 Å². The third-order valence-corrected chi connectivity index (χ3v) is 2.95. The fourth-order valence-corrected chi connectivity index (χ4v) is 1.29. The van der Waals surface area contributed by atoms with Crippen molar-refractivity contribution in [1.29, 1.82) is 0 Å². The Morgan fingerprint density at radius 3 is 2.11 bits per heavy atom. The second kappa shape index (κ2) is 3.85. The minimum absolute atomic E-state index is 0.0910. The van der Waals surface area contributed by atoms with Gasteiger partial charge in [-0.3, -0.25) is 4.79 Å². The summed E-state index contributed by atoms with van der Waals surface area (Å²) in [4.78, 5) is 9.81.